The Bertz CT molecular complexity index is 281. The molecule has 2 N–H and O–H groups in total. The van der Waals surface area contributed by atoms with Crippen molar-refractivity contribution in [1.82, 2.24) is 0 Å². The second kappa shape index (κ2) is 7.24. The Kier molecular flexibility index (Phi) is 5.88. The molecule has 0 aromatic rings. The predicted molar refractivity (Wildman–Crippen MR) is 82.7 cm³/mol. The predicted octanol–water partition coefficient (Wildman–Crippen LogP) is 3.50. The Balaban J connectivity index is 1.99. The number of nitrogens with two attached hydrogens (primary N) is 1. The van der Waals surface area contributed by atoms with Crippen molar-refractivity contribution in [3.8, 4) is 0 Å². The van der Waals surface area contributed by atoms with Crippen molar-refractivity contribution < 1.29 is 9.47 Å². The van der Waals surface area contributed by atoms with Gasteiger partial charge >= 0.3 is 0 Å². The quantitative estimate of drug-likeness (QED) is 0.840. The van der Waals surface area contributed by atoms with Gasteiger partial charge in [0.2, 0.25) is 0 Å². The minimum absolute atomic E-state index is 0.145. The van der Waals surface area contributed by atoms with E-state index in [-0.39, 0.29) is 17.7 Å². The van der Waals surface area contributed by atoms with E-state index in [0.29, 0.717) is 11.8 Å². The molecule has 3 nitrogen and oxygen atoms in total. The van der Waals surface area contributed by atoms with Crippen LogP contribution in [-0.4, -0.2) is 31.0 Å². The maximum Gasteiger partial charge on any atom is 0.0751 e. The molecule has 2 aliphatic rings. The summed E-state index contributed by atoms with van der Waals surface area (Å²) in [6, 6.07) is 0.151. The van der Waals surface area contributed by atoms with Crippen LogP contribution in [0.15, 0.2) is 0 Å². The SMILES string of the molecule is CCOC(C(C)C)C(N)C1CCOC2(CCCCC2)C1. The summed E-state index contributed by atoms with van der Waals surface area (Å²) in [7, 11) is 0. The number of rotatable bonds is 5. The van der Waals surface area contributed by atoms with Crippen LogP contribution in [0.5, 0.6) is 0 Å². The van der Waals surface area contributed by atoms with Gasteiger partial charge in [-0.2, -0.15) is 0 Å². The van der Waals surface area contributed by atoms with Crippen molar-refractivity contribution in [2.45, 2.75) is 83.5 Å². The van der Waals surface area contributed by atoms with Gasteiger partial charge in [0.05, 0.1) is 11.7 Å². The molecule has 0 aromatic heterocycles. The van der Waals surface area contributed by atoms with Crippen molar-refractivity contribution in [2.24, 2.45) is 17.6 Å². The lowest BCUT2D eigenvalue weighted by molar-refractivity contribution is -0.129. The van der Waals surface area contributed by atoms with Gasteiger partial charge in [0.15, 0.2) is 0 Å². The molecule has 1 aliphatic heterocycles. The van der Waals surface area contributed by atoms with E-state index >= 15 is 0 Å². The summed E-state index contributed by atoms with van der Waals surface area (Å²) in [5, 5.41) is 0. The molecule has 0 amide bonds. The lowest BCUT2D eigenvalue weighted by atomic mass is 9.72. The lowest BCUT2D eigenvalue weighted by Crippen LogP contribution is -2.52. The maximum absolute atomic E-state index is 6.59. The van der Waals surface area contributed by atoms with Gasteiger partial charge in [-0.1, -0.05) is 33.1 Å². The zero-order valence-electron chi connectivity index (χ0n) is 13.6. The van der Waals surface area contributed by atoms with E-state index in [9.17, 15) is 0 Å². The molecule has 1 saturated carbocycles. The average Bonchev–Trinajstić information content (AvgIpc) is 2.44. The number of hydrogen-bond acceptors (Lipinski definition) is 3. The average molecular weight is 283 g/mol. The summed E-state index contributed by atoms with van der Waals surface area (Å²) in [5.74, 6) is 1.04. The summed E-state index contributed by atoms with van der Waals surface area (Å²) in [6.45, 7) is 8.14. The zero-order chi connectivity index (χ0) is 14.6. The van der Waals surface area contributed by atoms with E-state index in [0.717, 1.165) is 26.1 Å². The van der Waals surface area contributed by atoms with Crippen LogP contribution < -0.4 is 5.73 Å². The fraction of sp³-hybridized carbons (Fsp3) is 1.00. The molecular weight excluding hydrogens is 250 g/mol. The molecule has 1 spiro atoms. The normalized spacial score (nSPS) is 29.6. The molecule has 1 heterocycles. The van der Waals surface area contributed by atoms with Crippen LogP contribution in [0.2, 0.25) is 0 Å². The first-order chi connectivity index (χ1) is 9.58. The third-order valence-electron chi connectivity index (χ3n) is 5.24. The minimum atomic E-state index is 0.145. The van der Waals surface area contributed by atoms with Crippen LogP contribution in [0.4, 0.5) is 0 Å². The first kappa shape index (κ1) is 16.3. The van der Waals surface area contributed by atoms with Crippen molar-refractivity contribution in [3.63, 3.8) is 0 Å². The van der Waals surface area contributed by atoms with Crippen LogP contribution in [0.25, 0.3) is 0 Å². The van der Waals surface area contributed by atoms with Gasteiger partial charge in [0.1, 0.15) is 0 Å². The molecule has 3 atom stereocenters. The molecule has 1 saturated heterocycles. The van der Waals surface area contributed by atoms with Crippen molar-refractivity contribution in [2.75, 3.05) is 13.2 Å². The molecule has 0 radical (unpaired) electrons. The van der Waals surface area contributed by atoms with E-state index < -0.39 is 0 Å². The minimum Gasteiger partial charge on any atom is -0.377 e. The molecule has 118 valence electrons. The zero-order valence-corrected chi connectivity index (χ0v) is 13.6. The molecule has 3 heteroatoms. The van der Waals surface area contributed by atoms with E-state index in [1.807, 2.05) is 0 Å². The molecule has 3 unspecified atom stereocenters. The highest BCUT2D eigenvalue weighted by atomic mass is 16.5. The highest BCUT2D eigenvalue weighted by Gasteiger charge is 2.42. The standard InChI is InChI=1S/C17H33NO2/c1-4-19-16(13(2)3)15(18)14-8-11-20-17(12-14)9-6-5-7-10-17/h13-16H,4-12,18H2,1-3H3. The van der Waals surface area contributed by atoms with Crippen LogP contribution in [0, 0.1) is 11.8 Å². The van der Waals surface area contributed by atoms with Gasteiger partial charge in [-0.25, -0.2) is 0 Å². The highest BCUT2D eigenvalue weighted by molar-refractivity contribution is 4.94. The molecule has 0 aromatic carbocycles. The van der Waals surface area contributed by atoms with Gasteiger partial charge < -0.3 is 15.2 Å². The smallest absolute Gasteiger partial charge is 0.0751 e. The van der Waals surface area contributed by atoms with Crippen molar-refractivity contribution in [3.05, 3.63) is 0 Å². The largest absolute Gasteiger partial charge is 0.377 e. The molecular formula is C17H33NO2. The fourth-order valence-corrected chi connectivity index (χ4v) is 4.15. The second-order valence-corrected chi connectivity index (χ2v) is 7.09. The van der Waals surface area contributed by atoms with E-state index in [4.69, 9.17) is 15.2 Å². The maximum atomic E-state index is 6.59. The van der Waals surface area contributed by atoms with Crippen LogP contribution >= 0.6 is 0 Å². The van der Waals surface area contributed by atoms with Gasteiger partial charge in [-0.3, -0.25) is 0 Å². The van der Waals surface area contributed by atoms with Gasteiger partial charge in [0.25, 0.3) is 0 Å². The number of hydrogen-bond donors (Lipinski definition) is 1. The Labute approximate surface area is 124 Å². The molecule has 20 heavy (non-hydrogen) atoms. The van der Waals surface area contributed by atoms with Crippen LogP contribution in [0.1, 0.15) is 65.7 Å². The highest BCUT2D eigenvalue weighted by Crippen LogP contribution is 2.42. The monoisotopic (exact) mass is 283 g/mol. The van der Waals surface area contributed by atoms with Crippen molar-refractivity contribution >= 4 is 0 Å². The fourth-order valence-electron chi connectivity index (χ4n) is 4.15. The van der Waals surface area contributed by atoms with Crippen molar-refractivity contribution in [1.29, 1.82) is 0 Å². The molecule has 2 rings (SSSR count). The summed E-state index contributed by atoms with van der Waals surface area (Å²) >= 11 is 0. The van der Waals surface area contributed by atoms with Gasteiger partial charge in [0, 0.05) is 19.3 Å². The Morgan fingerprint density at radius 2 is 1.95 bits per heavy atom. The first-order valence-electron chi connectivity index (χ1n) is 8.59. The number of ether oxygens (including phenoxy) is 2. The Morgan fingerprint density at radius 1 is 1.25 bits per heavy atom. The van der Waals surface area contributed by atoms with Gasteiger partial charge in [-0.15, -0.1) is 0 Å². The van der Waals surface area contributed by atoms with E-state index in [2.05, 4.69) is 20.8 Å². The Hall–Kier alpha value is -0.120. The summed E-state index contributed by atoms with van der Waals surface area (Å²) in [6.07, 6.45) is 8.90. The summed E-state index contributed by atoms with van der Waals surface area (Å²) in [4.78, 5) is 0. The molecule has 1 aliphatic carbocycles. The lowest BCUT2D eigenvalue weighted by Gasteiger charge is -2.46. The van der Waals surface area contributed by atoms with E-state index in [1.165, 1.54) is 32.1 Å². The topological polar surface area (TPSA) is 44.5 Å². The van der Waals surface area contributed by atoms with Gasteiger partial charge in [-0.05, 0) is 44.4 Å². The van der Waals surface area contributed by atoms with Crippen LogP contribution in [0.3, 0.4) is 0 Å². The first-order valence-corrected chi connectivity index (χ1v) is 8.59. The Morgan fingerprint density at radius 3 is 2.55 bits per heavy atom. The second-order valence-electron chi connectivity index (χ2n) is 7.09. The van der Waals surface area contributed by atoms with Crippen LogP contribution in [-0.2, 0) is 9.47 Å². The summed E-state index contributed by atoms with van der Waals surface area (Å²) in [5.41, 5.74) is 6.73. The molecule has 0 bridgehead atoms. The third kappa shape index (κ3) is 3.75. The third-order valence-corrected chi connectivity index (χ3v) is 5.24. The molecule has 2 fully saturated rings. The van der Waals surface area contributed by atoms with E-state index in [1.54, 1.807) is 0 Å². The summed E-state index contributed by atoms with van der Waals surface area (Å²) < 4.78 is 12.1.